The highest BCUT2D eigenvalue weighted by Crippen LogP contribution is 2.34. The molecule has 1 aromatic rings. The maximum atomic E-state index is 13.4. The molecule has 0 N–H and O–H groups in total. The van der Waals surface area contributed by atoms with E-state index < -0.39 is 0 Å². The topological polar surface area (TPSA) is 40.6 Å². The Kier molecular flexibility index (Phi) is 7.45. The minimum Gasteiger partial charge on any atom is -0.366 e. The maximum Gasteiger partial charge on any atom is 0.277 e. The van der Waals surface area contributed by atoms with Crippen LogP contribution in [0.25, 0.3) is 5.57 Å². The number of carbonyl (C=O) groups is 2. The van der Waals surface area contributed by atoms with E-state index in [0.29, 0.717) is 29.3 Å². The molecule has 0 bridgehead atoms. The second-order valence-electron chi connectivity index (χ2n) is 8.43. The third-order valence-corrected chi connectivity index (χ3v) is 6.11. The van der Waals surface area contributed by atoms with Crippen LogP contribution in [0.2, 0.25) is 0 Å². The van der Waals surface area contributed by atoms with Crippen LogP contribution in [0.3, 0.4) is 0 Å². The lowest BCUT2D eigenvalue weighted by Crippen LogP contribution is -2.38. The molecule has 1 fully saturated rings. The van der Waals surface area contributed by atoms with Gasteiger partial charge in [0.15, 0.2) is 0 Å². The van der Waals surface area contributed by atoms with Gasteiger partial charge in [-0.2, -0.15) is 0 Å². The molecule has 2 amide bonds. The number of benzene rings is 1. The van der Waals surface area contributed by atoms with Crippen molar-refractivity contribution in [3.8, 4) is 0 Å². The van der Waals surface area contributed by atoms with E-state index in [1.165, 1.54) is 36.3 Å². The molecule has 0 spiro atoms. The zero-order chi connectivity index (χ0) is 20.8. The zero-order valence-corrected chi connectivity index (χ0v) is 17.8. The van der Waals surface area contributed by atoms with Gasteiger partial charge in [0.05, 0.1) is 5.57 Å². The Bertz CT molecular complexity index is 749. The van der Waals surface area contributed by atoms with Crippen LogP contribution in [0, 0.1) is 11.7 Å². The number of carbonyl (C=O) groups excluding carboxylic acids is 2. The Hall–Kier alpha value is -2.17. The molecule has 2 aliphatic heterocycles. The van der Waals surface area contributed by atoms with Crippen LogP contribution in [-0.2, 0) is 9.59 Å². The van der Waals surface area contributed by atoms with E-state index in [9.17, 15) is 14.0 Å². The molecule has 0 atom stereocenters. The van der Waals surface area contributed by atoms with Crippen molar-refractivity contribution in [3.63, 3.8) is 0 Å². The van der Waals surface area contributed by atoms with Crippen LogP contribution in [0.15, 0.2) is 30.0 Å². The van der Waals surface area contributed by atoms with Gasteiger partial charge in [-0.25, -0.2) is 4.39 Å². The van der Waals surface area contributed by atoms with Crippen LogP contribution in [0.1, 0.15) is 70.8 Å². The van der Waals surface area contributed by atoms with Crippen molar-refractivity contribution in [3.05, 3.63) is 41.3 Å². The number of amides is 2. The number of hydrogen-bond donors (Lipinski definition) is 0. The van der Waals surface area contributed by atoms with Gasteiger partial charge in [0.25, 0.3) is 11.8 Å². The lowest BCUT2D eigenvalue weighted by molar-refractivity contribution is -0.137. The summed E-state index contributed by atoms with van der Waals surface area (Å²) in [7, 11) is 0. The smallest absolute Gasteiger partial charge is 0.277 e. The first-order valence-electron chi connectivity index (χ1n) is 11.1. The molecule has 0 aliphatic carbocycles. The fraction of sp³-hybridized carbons (Fsp3) is 0.583. The molecule has 1 aromatic carbocycles. The highest BCUT2D eigenvalue weighted by molar-refractivity contribution is 6.35. The van der Waals surface area contributed by atoms with E-state index in [0.717, 1.165) is 45.2 Å². The summed E-state index contributed by atoms with van der Waals surface area (Å²) in [6.07, 6.45) is 8.66. The van der Waals surface area contributed by atoms with Gasteiger partial charge in [-0.05, 0) is 42.9 Å². The Labute approximate surface area is 173 Å². The molecule has 158 valence electrons. The first kappa shape index (κ1) is 21.5. The van der Waals surface area contributed by atoms with E-state index in [1.54, 1.807) is 12.1 Å². The highest BCUT2D eigenvalue weighted by atomic mass is 19.1. The fourth-order valence-electron chi connectivity index (χ4n) is 4.22. The van der Waals surface area contributed by atoms with E-state index in [1.807, 2.05) is 0 Å². The molecule has 5 heteroatoms. The molecule has 1 saturated heterocycles. The Balaban J connectivity index is 1.78. The number of rotatable bonds is 9. The molecule has 2 aliphatic rings. The molecule has 0 radical (unpaired) electrons. The van der Waals surface area contributed by atoms with Crippen LogP contribution in [-0.4, -0.2) is 41.2 Å². The summed E-state index contributed by atoms with van der Waals surface area (Å²) >= 11 is 0. The summed E-state index contributed by atoms with van der Waals surface area (Å²) in [5.74, 6) is -0.128. The Morgan fingerprint density at radius 2 is 1.55 bits per heavy atom. The summed E-state index contributed by atoms with van der Waals surface area (Å²) in [6.45, 7) is 6.44. The molecule has 0 aromatic heterocycles. The minimum atomic E-state index is -0.344. The van der Waals surface area contributed by atoms with Crippen molar-refractivity contribution in [2.45, 2.75) is 65.2 Å². The van der Waals surface area contributed by atoms with E-state index in [-0.39, 0.29) is 17.6 Å². The van der Waals surface area contributed by atoms with Gasteiger partial charge in [-0.15, -0.1) is 0 Å². The first-order valence-corrected chi connectivity index (χ1v) is 11.1. The predicted molar refractivity (Wildman–Crippen MR) is 113 cm³/mol. The molecule has 0 saturated carbocycles. The number of piperidine rings is 1. The average Bonchev–Trinajstić information content (AvgIpc) is 2.96. The molecule has 29 heavy (non-hydrogen) atoms. The first-order chi connectivity index (χ1) is 14.0. The second kappa shape index (κ2) is 10.0. The Morgan fingerprint density at radius 1 is 0.931 bits per heavy atom. The number of unbranched alkanes of at least 4 members (excludes halogenated alkanes) is 5. The summed E-state index contributed by atoms with van der Waals surface area (Å²) in [5.41, 5.74) is 1.58. The van der Waals surface area contributed by atoms with Crippen LogP contribution >= 0.6 is 0 Å². The third kappa shape index (κ3) is 5.06. The number of hydrogen-bond acceptors (Lipinski definition) is 3. The lowest BCUT2D eigenvalue weighted by atomic mass is 9.97. The number of likely N-dealkylation sites (tertiary alicyclic amines) is 1. The minimum absolute atomic E-state index is 0.183. The lowest BCUT2D eigenvalue weighted by Gasteiger charge is -2.32. The average molecular weight is 401 g/mol. The SMILES string of the molecule is CCCCCCCCN1C(=O)C(c2ccc(F)cc2)=C(N2CCC(C)CC2)C1=O. The van der Waals surface area contributed by atoms with Gasteiger partial charge in [0, 0.05) is 19.6 Å². The fourth-order valence-corrected chi connectivity index (χ4v) is 4.22. The van der Waals surface area contributed by atoms with E-state index in [4.69, 9.17) is 0 Å². The molecule has 3 rings (SSSR count). The van der Waals surface area contributed by atoms with Crippen LogP contribution < -0.4 is 0 Å². The predicted octanol–water partition coefficient (Wildman–Crippen LogP) is 5.00. The highest BCUT2D eigenvalue weighted by Gasteiger charge is 2.41. The van der Waals surface area contributed by atoms with E-state index >= 15 is 0 Å². The van der Waals surface area contributed by atoms with Crippen molar-refractivity contribution >= 4 is 17.4 Å². The van der Waals surface area contributed by atoms with Crippen molar-refractivity contribution in [1.29, 1.82) is 0 Å². The van der Waals surface area contributed by atoms with Crippen molar-refractivity contribution in [2.24, 2.45) is 5.92 Å². The molecular formula is C24H33FN2O2. The second-order valence-corrected chi connectivity index (χ2v) is 8.43. The maximum absolute atomic E-state index is 13.4. The third-order valence-electron chi connectivity index (χ3n) is 6.11. The van der Waals surface area contributed by atoms with Gasteiger partial charge in [-0.3, -0.25) is 14.5 Å². The number of halogens is 1. The summed E-state index contributed by atoms with van der Waals surface area (Å²) < 4.78 is 13.4. The summed E-state index contributed by atoms with van der Waals surface area (Å²) in [5, 5.41) is 0. The quantitative estimate of drug-likeness (QED) is 0.433. The normalized spacial score (nSPS) is 18.3. The van der Waals surface area contributed by atoms with Gasteiger partial charge in [0.2, 0.25) is 0 Å². The monoisotopic (exact) mass is 400 g/mol. The largest absolute Gasteiger partial charge is 0.366 e. The molecule has 4 nitrogen and oxygen atoms in total. The van der Waals surface area contributed by atoms with Crippen LogP contribution in [0.4, 0.5) is 4.39 Å². The molecule has 2 heterocycles. The van der Waals surface area contributed by atoms with Crippen molar-refractivity contribution < 1.29 is 14.0 Å². The number of nitrogens with zero attached hydrogens (tertiary/aromatic N) is 2. The van der Waals surface area contributed by atoms with Gasteiger partial charge < -0.3 is 4.90 Å². The zero-order valence-electron chi connectivity index (χ0n) is 17.8. The van der Waals surface area contributed by atoms with Crippen molar-refractivity contribution in [1.82, 2.24) is 9.80 Å². The van der Waals surface area contributed by atoms with Gasteiger partial charge in [0.1, 0.15) is 11.5 Å². The van der Waals surface area contributed by atoms with Crippen LogP contribution in [0.5, 0.6) is 0 Å². The van der Waals surface area contributed by atoms with E-state index in [2.05, 4.69) is 18.7 Å². The molecule has 0 unspecified atom stereocenters. The Morgan fingerprint density at radius 3 is 2.21 bits per heavy atom. The van der Waals surface area contributed by atoms with Gasteiger partial charge >= 0.3 is 0 Å². The summed E-state index contributed by atoms with van der Waals surface area (Å²) in [6, 6.07) is 5.92. The van der Waals surface area contributed by atoms with Crippen molar-refractivity contribution in [2.75, 3.05) is 19.6 Å². The molecular weight excluding hydrogens is 367 g/mol. The summed E-state index contributed by atoms with van der Waals surface area (Å²) in [4.78, 5) is 29.9. The number of imide groups is 1. The standard InChI is InChI=1S/C24H33FN2O2/c1-3-4-5-6-7-8-15-27-23(28)21(19-9-11-20(25)12-10-19)22(24(27)29)26-16-13-18(2)14-17-26/h9-12,18H,3-8,13-17H2,1-2H3. The van der Waals surface area contributed by atoms with Gasteiger partial charge in [-0.1, -0.05) is 58.1 Å².